The van der Waals surface area contributed by atoms with E-state index in [-0.39, 0.29) is 6.09 Å². The number of hydrogen-bond acceptors (Lipinski definition) is 4. The van der Waals surface area contributed by atoms with Crippen LogP contribution in [0.3, 0.4) is 0 Å². The van der Waals surface area contributed by atoms with E-state index >= 15 is 0 Å². The quantitative estimate of drug-likeness (QED) is 0.841. The normalized spacial score (nSPS) is 18.9. The number of aromatic nitrogens is 1. The predicted molar refractivity (Wildman–Crippen MR) is 92.7 cm³/mol. The first-order valence-corrected chi connectivity index (χ1v) is 8.49. The predicted octanol–water partition coefficient (Wildman–Crippen LogP) is 4.00. The van der Waals surface area contributed by atoms with Gasteiger partial charge in [-0.05, 0) is 59.2 Å². The molecular formula is C18H29N3O2. The summed E-state index contributed by atoms with van der Waals surface area (Å²) in [5.41, 5.74) is 0.605. The second kappa shape index (κ2) is 7.30. The Morgan fingerprint density at radius 2 is 2.22 bits per heavy atom. The van der Waals surface area contributed by atoms with Crippen LogP contribution in [0, 0.1) is 0 Å². The number of pyridine rings is 1. The Balaban J connectivity index is 2.25. The zero-order chi connectivity index (χ0) is 17.0. The average Bonchev–Trinajstić information content (AvgIpc) is 2.93. The summed E-state index contributed by atoms with van der Waals surface area (Å²) in [6.07, 6.45) is 4.81. The van der Waals surface area contributed by atoms with Gasteiger partial charge in [0.25, 0.3) is 0 Å². The second-order valence-corrected chi connectivity index (χ2v) is 7.15. The molecule has 0 radical (unpaired) electrons. The topological polar surface area (TPSA) is 45.7 Å². The fraction of sp³-hybridized carbons (Fsp3) is 0.667. The number of nitrogens with zero attached hydrogens (tertiary/aromatic N) is 3. The minimum absolute atomic E-state index is 0.337. The van der Waals surface area contributed by atoms with Crippen molar-refractivity contribution < 1.29 is 9.53 Å². The zero-order valence-corrected chi connectivity index (χ0v) is 15.0. The van der Waals surface area contributed by atoms with Crippen LogP contribution in [-0.4, -0.2) is 41.7 Å². The third kappa shape index (κ3) is 4.44. The summed E-state index contributed by atoms with van der Waals surface area (Å²) in [5, 5.41) is 0. The van der Waals surface area contributed by atoms with Gasteiger partial charge in [-0.2, -0.15) is 0 Å². The number of ether oxygens (including phenoxy) is 1. The van der Waals surface area contributed by atoms with Gasteiger partial charge in [0.05, 0.1) is 0 Å². The molecule has 1 atom stereocenters. The highest BCUT2D eigenvalue weighted by Crippen LogP contribution is 2.36. The van der Waals surface area contributed by atoms with Gasteiger partial charge in [-0.15, -0.1) is 0 Å². The number of carbonyl (C=O) groups is 1. The molecule has 0 bridgehead atoms. The summed E-state index contributed by atoms with van der Waals surface area (Å²) in [5.74, 6) is 0.703. The minimum Gasteiger partial charge on any atom is -0.443 e. The number of likely N-dealkylation sites (tertiary alicyclic amines) is 1. The molecule has 0 N–H and O–H groups in total. The Hall–Kier alpha value is -1.62. The van der Waals surface area contributed by atoms with Crippen LogP contribution < -0.4 is 4.90 Å². The molecule has 1 aromatic heterocycles. The van der Waals surface area contributed by atoms with E-state index in [4.69, 9.17) is 4.74 Å². The summed E-state index contributed by atoms with van der Waals surface area (Å²) < 4.78 is 5.48. The lowest BCUT2D eigenvalue weighted by molar-refractivity contribution is 0.0587. The van der Waals surface area contributed by atoms with Gasteiger partial charge in [-0.3, -0.25) is 9.80 Å². The molecule has 5 heteroatoms. The summed E-state index contributed by atoms with van der Waals surface area (Å²) >= 11 is 0. The SMILES string of the molecule is CCCN1CCC[C@@H]1c1cccnc1N(C)C(=O)OC(C)(C)C. The van der Waals surface area contributed by atoms with Crippen LogP contribution in [0.15, 0.2) is 18.3 Å². The lowest BCUT2D eigenvalue weighted by Crippen LogP contribution is -2.36. The van der Waals surface area contributed by atoms with Crippen molar-refractivity contribution in [2.75, 3.05) is 25.0 Å². The molecule has 0 spiro atoms. The third-order valence-electron chi connectivity index (χ3n) is 4.04. The van der Waals surface area contributed by atoms with Crippen LogP contribution in [0.1, 0.15) is 58.6 Å². The summed E-state index contributed by atoms with van der Waals surface area (Å²) in [4.78, 5) is 20.9. The molecule has 1 fully saturated rings. The largest absolute Gasteiger partial charge is 0.443 e. The van der Waals surface area contributed by atoms with Crippen molar-refractivity contribution in [3.05, 3.63) is 23.9 Å². The van der Waals surface area contributed by atoms with Gasteiger partial charge in [0.1, 0.15) is 11.4 Å². The molecule has 1 aliphatic rings. The molecule has 0 aliphatic carbocycles. The number of rotatable bonds is 4. The first kappa shape index (κ1) is 17.7. The number of anilines is 1. The second-order valence-electron chi connectivity index (χ2n) is 7.15. The van der Waals surface area contributed by atoms with Gasteiger partial charge in [0, 0.05) is 24.8 Å². The maximum atomic E-state index is 12.4. The highest BCUT2D eigenvalue weighted by molar-refractivity contribution is 5.87. The molecule has 0 unspecified atom stereocenters. The van der Waals surface area contributed by atoms with E-state index in [0.29, 0.717) is 11.9 Å². The molecule has 0 aromatic carbocycles. The van der Waals surface area contributed by atoms with Gasteiger partial charge in [0.15, 0.2) is 0 Å². The van der Waals surface area contributed by atoms with Gasteiger partial charge >= 0.3 is 6.09 Å². The lowest BCUT2D eigenvalue weighted by Gasteiger charge is -2.29. The Kier molecular flexibility index (Phi) is 5.63. The van der Waals surface area contributed by atoms with Crippen molar-refractivity contribution in [3.63, 3.8) is 0 Å². The fourth-order valence-corrected chi connectivity index (χ4v) is 3.10. The van der Waals surface area contributed by atoms with Gasteiger partial charge < -0.3 is 4.74 Å². The van der Waals surface area contributed by atoms with E-state index in [2.05, 4.69) is 22.9 Å². The summed E-state index contributed by atoms with van der Waals surface area (Å²) in [7, 11) is 1.74. The highest BCUT2D eigenvalue weighted by Gasteiger charge is 2.30. The van der Waals surface area contributed by atoms with Crippen molar-refractivity contribution in [2.45, 2.75) is 58.6 Å². The monoisotopic (exact) mass is 319 g/mol. The molecule has 2 rings (SSSR count). The molecule has 1 saturated heterocycles. The van der Waals surface area contributed by atoms with Gasteiger partial charge in [-0.1, -0.05) is 13.0 Å². The van der Waals surface area contributed by atoms with Crippen molar-refractivity contribution >= 4 is 11.9 Å². The van der Waals surface area contributed by atoms with E-state index in [1.807, 2.05) is 26.8 Å². The van der Waals surface area contributed by atoms with Gasteiger partial charge in [-0.25, -0.2) is 9.78 Å². The Bertz CT molecular complexity index is 539. The standard InChI is InChI=1S/C18H29N3O2/c1-6-12-21-13-8-10-15(21)14-9-7-11-19-16(14)20(5)17(22)23-18(2,3)4/h7,9,11,15H,6,8,10,12-13H2,1-5H3/t15-/m1/s1. The number of carbonyl (C=O) groups excluding carboxylic acids is 1. The van der Waals surface area contributed by atoms with Crippen LogP contribution >= 0.6 is 0 Å². The van der Waals surface area contributed by atoms with Crippen LogP contribution in [0.25, 0.3) is 0 Å². The third-order valence-corrected chi connectivity index (χ3v) is 4.04. The first-order valence-electron chi connectivity index (χ1n) is 8.49. The fourth-order valence-electron chi connectivity index (χ4n) is 3.10. The van der Waals surface area contributed by atoms with E-state index in [1.54, 1.807) is 13.2 Å². The molecular weight excluding hydrogens is 290 g/mol. The van der Waals surface area contributed by atoms with E-state index in [0.717, 1.165) is 31.5 Å². The first-order chi connectivity index (χ1) is 10.8. The molecule has 5 nitrogen and oxygen atoms in total. The van der Waals surface area contributed by atoms with E-state index < -0.39 is 5.60 Å². The minimum atomic E-state index is -0.512. The van der Waals surface area contributed by atoms with Crippen LogP contribution in [-0.2, 0) is 4.74 Å². The molecule has 2 heterocycles. The van der Waals surface area contributed by atoms with Crippen molar-refractivity contribution in [3.8, 4) is 0 Å². The lowest BCUT2D eigenvalue weighted by atomic mass is 10.0. The molecule has 128 valence electrons. The van der Waals surface area contributed by atoms with Gasteiger partial charge in [0.2, 0.25) is 0 Å². The van der Waals surface area contributed by atoms with Crippen molar-refractivity contribution in [1.82, 2.24) is 9.88 Å². The molecule has 23 heavy (non-hydrogen) atoms. The maximum Gasteiger partial charge on any atom is 0.415 e. The summed E-state index contributed by atoms with van der Waals surface area (Å²) in [6.45, 7) is 10.0. The maximum absolute atomic E-state index is 12.4. The Morgan fingerprint density at radius 3 is 2.87 bits per heavy atom. The number of hydrogen-bond donors (Lipinski definition) is 0. The average molecular weight is 319 g/mol. The van der Waals surface area contributed by atoms with E-state index in [1.165, 1.54) is 11.3 Å². The zero-order valence-electron chi connectivity index (χ0n) is 15.0. The Labute approximate surface area is 139 Å². The molecule has 1 amide bonds. The van der Waals surface area contributed by atoms with Crippen LogP contribution in [0.5, 0.6) is 0 Å². The molecule has 1 aliphatic heterocycles. The van der Waals surface area contributed by atoms with Crippen LogP contribution in [0.4, 0.5) is 10.6 Å². The van der Waals surface area contributed by atoms with E-state index in [9.17, 15) is 4.79 Å². The summed E-state index contributed by atoms with van der Waals surface area (Å²) in [6, 6.07) is 4.37. The van der Waals surface area contributed by atoms with Crippen molar-refractivity contribution in [1.29, 1.82) is 0 Å². The highest BCUT2D eigenvalue weighted by atomic mass is 16.6. The smallest absolute Gasteiger partial charge is 0.415 e. The Morgan fingerprint density at radius 1 is 1.48 bits per heavy atom. The van der Waals surface area contributed by atoms with Crippen LogP contribution in [0.2, 0.25) is 0 Å². The van der Waals surface area contributed by atoms with Crippen molar-refractivity contribution in [2.24, 2.45) is 0 Å². The molecule has 1 aromatic rings. The molecule has 0 saturated carbocycles. The number of amides is 1.